The summed E-state index contributed by atoms with van der Waals surface area (Å²) < 4.78 is 6.37. The van der Waals surface area contributed by atoms with Gasteiger partial charge in [-0.05, 0) is 17.7 Å². The third-order valence-electron chi connectivity index (χ3n) is 2.52. The van der Waals surface area contributed by atoms with E-state index in [2.05, 4.69) is 52.8 Å². The fourth-order valence-electron chi connectivity index (χ4n) is 1.50. The van der Waals surface area contributed by atoms with Crippen molar-refractivity contribution in [2.45, 2.75) is 5.41 Å². The number of halogens is 1. The van der Waals surface area contributed by atoms with Gasteiger partial charge < -0.3 is 4.74 Å². The van der Waals surface area contributed by atoms with Gasteiger partial charge in [-0.1, -0.05) is 28.1 Å². The van der Waals surface area contributed by atoms with Gasteiger partial charge in [0.1, 0.15) is 0 Å². The lowest BCUT2D eigenvalue weighted by atomic mass is 9.81. The lowest BCUT2D eigenvalue weighted by molar-refractivity contribution is -0.0470. The standard InChI is InChI=1S/C10H11BrOS/c11-9-3-1-8(2-4-9)10(7-13)5-12-6-10/h1-4,13H,5-7H2. The molecule has 0 amide bonds. The van der Waals surface area contributed by atoms with E-state index in [0.717, 1.165) is 23.4 Å². The Morgan fingerprint density at radius 2 is 1.92 bits per heavy atom. The zero-order valence-electron chi connectivity index (χ0n) is 7.16. The van der Waals surface area contributed by atoms with Crippen LogP contribution in [0, 0.1) is 0 Å². The Balaban J connectivity index is 2.28. The second kappa shape index (κ2) is 3.64. The maximum Gasteiger partial charge on any atom is 0.0593 e. The van der Waals surface area contributed by atoms with Gasteiger partial charge in [0.2, 0.25) is 0 Å². The van der Waals surface area contributed by atoms with E-state index in [1.165, 1.54) is 5.56 Å². The second-order valence-corrected chi connectivity index (χ2v) is 4.67. The molecule has 3 heteroatoms. The molecule has 1 aliphatic heterocycles. The van der Waals surface area contributed by atoms with E-state index in [0.29, 0.717) is 0 Å². The molecule has 1 aliphatic rings. The van der Waals surface area contributed by atoms with Crippen LogP contribution in [0.3, 0.4) is 0 Å². The van der Waals surface area contributed by atoms with Crippen LogP contribution < -0.4 is 0 Å². The van der Waals surface area contributed by atoms with Gasteiger partial charge in [0.15, 0.2) is 0 Å². The summed E-state index contributed by atoms with van der Waals surface area (Å²) in [6.07, 6.45) is 0. The molecule has 1 saturated heterocycles. The van der Waals surface area contributed by atoms with Gasteiger partial charge in [-0.2, -0.15) is 12.6 Å². The van der Waals surface area contributed by atoms with Gasteiger partial charge in [-0.3, -0.25) is 0 Å². The maximum atomic E-state index is 5.25. The summed E-state index contributed by atoms with van der Waals surface area (Å²) in [7, 11) is 0. The summed E-state index contributed by atoms with van der Waals surface area (Å²) in [6, 6.07) is 8.42. The highest BCUT2D eigenvalue weighted by atomic mass is 79.9. The maximum absolute atomic E-state index is 5.25. The predicted molar refractivity (Wildman–Crippen MR) is 60.5 cm³/mol. The SMILES string of the molecule is SCC1(c2ccc(Br)cc2)COC1. The Kier molecular flexibility index (Phi) is 2.67. The Bertz CT molecular complexity index is 287. The summed E-state index contributed by atoms with van der Waals surface area (Å²) in [4.78, 5) is 0. The molecular weight excluding hydrogens is 248 g/mol. The molecule has 0 aromatic heterocycles. The molecule has 70 valence electrons. The van der Waals surface area contributed by atoms with Crippen molar-refractivity contribution in [3.8, 4) is 0 Å². The van der Waals surface area contributed by atoms with Gasteiger partial charge in [0, 0.05) is 10.2 Å². The minimum absolute atomic E-state index is 0.170. The molecule has 1 aromatic rings. The Morgan fingerprint density at radius 1 is 1.31 bits per heavy atom. The fourth-order valence-corrected chi connectivity index (χ4v) is 2.13. The molecule has 0 saturated carbocycles. The van der Waals surface area contributed by atoms with E-state index in [1.54, 1.807) is 0 Å². The van der Waals surface area contributed by atoms with Crippen LogP contribution in [0.15, 0.2) is 28.7 Å². The molecule has 0 N–H and O–H groups in total. The molecule has 1 aromatic carbocycles. The Hall–Kier alpha value is 0.01000. The minimum atomic E-state index is 0.170. The van der Waals surface area contributed by atoms with Crippen molar-refractivity contribution in [2.24, 2.45) is 0 Å². The van der Waals surface area contributed by atoms with E-state index in [9.17, 15) is 0 Å². The van der Waals surface area contributed by atoms with Crippen molar-refractivity contribution in [2.75, 3.05) is 19.0 Å². The lowest BCUT2D eigenvalue weighted by Gasteiger charge is -2.40. The molecule has 0 bridgehead atoms. The van der Waals surface area contributed by atoms with Gasteiger partial charge in [-0.15, -0.1) is 0 Å². The zero-order valence-corrected chi connectivity index (χ0v) is 9.64. The second-order valence-electron chi connectivity index (χ2n) is 3.44. The number of hydrogen-bond donors (Lipinski definition) is 1. The van der Waals surface area contributed by atoms with Gasteiger partial charge in [-0.25, -0.2) is 0 Å². The average molecular weight is 259 g/mol. The highest BCUT2D eigenvalue weighted by Gasteiger charge is 2.38. The van der Waals surface area contributed by atoms with Crippen LogP contribution in [0.4, 0.5) is 0 Å². The zero-order chi connectivity index (χ0) is 9.31. The first-order valence-corrected chi connectivity index (χ1v) is 5.64. The molecule has 1 heterocycles. The van der Waals surface area contributed by atoms with Crippen molar-refractivity contribution in [3.05, 3.63) is 34.3 Å². The molecule has 0 atom stereocenters. The van der Waals surface area contributed by atoms with E-state index < -0.39 is 0 Å². The number of rotatable bonds is 2. The topological polar surface area (TPSA) is 9.23 Å². The summed E-state index contributed by atoms with van der Waals surface area (Å²) in [6.45, 7) is 1.61. The Morgan fingerprint density at radius 3 is 2.31 bits per heavy atom. The number of ether oxygens (including phenoxy) is 1. The van der Waals surface area contributed by atoms with Gasteiger partial charge >= 0.3 is 0 Å². The first-order valence-electron chi connectivity index (χ1n) is 4.21. The average Bonchev–Trinajstić information content (AvgIpc) is 2.07. The molecule has 0 spiro atoms. The van der Waals surface area contributed by atoms with Crippen molar-refractivity contribution >= 4 is 28.6 Å². The van der Waals surface area contributed by atoms with Crippen LogP contribution in [0.5, 0.6) is 0 Å². The van der Waals surface area contributed by atoms with Crippen LogP contribution in [0.1, 0.15) is 5.56 Å². The van der Waals surface area contributed by atoms with E-state index in [4.69, 9.17) is 4.74 Å². The monoisotopic (exact) mass is 258 g/mol. The fraction of sp³-hybridized carbons (Fsp3) is 0.400. The highest BCUT2D eigenvalue weighted by molar-refractivity contribution is 9.10. The predicted octanol–water partition coefficient (Wildman–Crippen LogP) is 2.65. The van der Waals surface area contributed by atoms with E-state index >= 15 is 0 Å². The molecule has 13 heavy (non-hydrogen) atoms. The molecule has 1 nitrogen and oxygen atoms in total. The van der Waals surface area contributed by atoms with Crippen molar-refractivity contribution in [3.63, 3.8) is 0 Å². The molecule has 2 rings (SSSR count). The number of benzene rings is 1. The van der Waals surface area contributed by atoms with E-state index in [1.807, 2.05) is 0 Å². The lowest BCUT2D eigenvalue weighted by Crippen LogP contribution is -2.48. The van der Waals surface area contributed by atoms with Gasteiger partial charge in [0.25, 0.3) is 0 Å². The van der Waals surface area contributed by atoms with Crippen molar-refractivity contribution < 1.29 is 4.74 Å². The van der Waals surface area contributed by atoms with Crippen molar-refractivity contribution in [1.82, 2.24) is 0 Å². The number of thiol groups is 1. The third kappa shape index (κ3) is 1.65. The number of hydrogen-bond acceptors (Lipinski definition) is 2. The molecule has 0 aliphatic carbocycles. The summed E-state index contributed by atoms with van der Waals surface area (Å²) in [5, 5.41) is 0. The molecule has 0 radical (unpaired) electrons. The summed E-state index contributed by atoms with van der Waals surface area (Å²) >= 11 is 7.80. The van der Waals surface area contributed by atoms with Crippen LogP contribution in [0.2, 0.25) is 0 Å². The first kappa shape index (κ1) is 9.56. The van der Waals surface area contributed by atoms with Crippen LogP contribution >= 0.6 is 28.6 Å². The normalized spacial score (nSPS) is 19.5. The van der Waals surface area contributed by atoms with Crippen molar-refractivity contribution in [1.29, 1.82) is 0 Å². The first-order chi connectivity index (χ1) is 6.27. The summed E-state index contributed by atoms with van der Waals surface area (Å²) in [5.41, 5.74) is 1.50. The largest absolute Gasteiger partial charge is 0.379 e. The van der Waals surface area contributed by atoms with Crippen LogP contribution in [-0.4, -0.2) is 19.0 Å². The van der Waals surface area contributed by atoms with Crippen LogP contribution in [0.25, 0.3) is 0 Å². The Labute approximate surface area is 92.0 Å². The quantitative estimate of drug-likeness (QED) is 0.803. The van der Waals surface area contributed by atoms with E-state index in [-0.39, 0.29) is 5.41 Å². The third-order valence-corrected chi connectivity index (χ3v) is 3.65. The minimum Gasteiger partial charge on any atom is -0.379 e. The molecule has 0 unspecified atom stereocenters. The molecule has 1 fully saturated rings. The van der Waals surface area contributed by atoms with Gasteiger partial charge in [0.05, 0.1) is 18.6 Å². The summed E-state index contributed by atoms with van der Waals surface area (Å²) in [5.74, 6) is 0.856. The highest BCUT2D eigenvalue weighted by Crippen LogP contribution is 2.33. The van der Waals surface area contributed by atoms with Crippen LogP contribution in [-0.2, 0) is 10.2 Å². The smallest absolute Gasteiger partial charge is 0.0593 e. The molecular formula is C10H11BrOS.